The van der Waals surface area contributed by atoms with E-state index in [-0.39, 0.29) is 18.2 Å². The maximum Gasteiger partial charge on any atom is 0.0972 e. The number of likely N-dealkylation sites (tertiary alicyclic amines) is 1. The standard InChI is InChI=1S/C15H23BrN2O2/c1-10-6-11(4-5-12(10)16)13(7-17)18-8-14(19-2)15(9-18)20-3/h4-6,13-15H,7-9,17H2,1-3H3. The molecule has 112 valence electrons. The Kier molecular flexibility index (Phi) is 5.57. The molecule has 0 aromatic heterocycles. The molecule has 1 aliphatic rings. The van der Waals surface area contributed by atoms with Gasteiger partial charge in [-0.3, -0.25) is 4.90 Å². The van der Waals surface area contributed by atoms with Crippen molar-refractivity contribution >= 4 is 15.9 Å². The molecule has 3 unspecified atom stereocenters. The summed E-state index contributed by atoms with van der Waals surface area (Å²) in [6, 6.07) is 6.63. The summed E-state index contributed by atoms with van der Waals surface area (Å²) in [4.78, 5) is 2.35. The highest BCUT2D eigenvalue weighted by molar-refractivity contribution is 9.10. The topological polar surface area (TPSA) is 47.7 Å². The molecule has 1 aromatic rings. The van der Waals surface area contributed by atoms with Gasteiger partial charge in [0.15, 0.2) is 0 Å². The smallest absolute Gasteiger partial charge is 0.0972 e. The van der Waals surface area contributed by atoms with Gasteiger partial charge in [0.25, 0.3) is 0 Å². The number of hydrogen-bond acceptors (Lipinski definition) is 4. The van der Waals surface area contributed by atoms with Gasteiger partial charge in [-0.05, 0) is 24.1 Å². The minimum Gasteiger partial charge on any atom is -0.377 e. The Balaban J connectivity index is 2.18. The second kappa shape index (κ2) is 7.00. The van der Waals surface area contributed by atoms with E-state index in [1.165, 1.54) is 11.1 Å². The molecule has 4 nitrogen and oxygen atoms in total. The first-order valence-corrected chi connectivity index (χ1v) is 7.65. The molecule has 0 bridgehead atoms. The Bertz CT molecular complexity index is 443. The van der Waals surface area contributed by atoms with Gasteiger partial charge in [0.05, 0.1) is 12.2 Å². The fourth-order valence-electron chi connectivity index (χ4n) is 2.85. The monoisotopic (exact) mass is 342 g/mol. The summed E-state index contributed by atoms with van der Waals surface area (Å²) in [6.45, 7) is 4.40. The summed E-state index contributed by atoms with van der Waals surface area (Å²) in [5, 5.41) is 0. The molecule has 1 heterocycles. The molecule has 1 saturated heterocycles. The highest BCUT2D eigenvalue weighted by Gasteiger charge is 2.36. The summed E-state index contributed by atoms with van der Waals surface area (Å²) >= 11 is 3.54. The van der Waals surface area contributed by atoms with Crippen molar-refractivity contribution in [3.05, 3.63) is 33.8 Å². The highest BCUT2D eigenvalue weighted by Crippen LogP contribution is 2.29. The van der Waals surface area contributed by atoms with E-state index in [0.29, 0.717) is 6.54 Å². The van der Waals surface area contributed by atoms with Crippen LogP contribution in [0.1, 0.15) is 17.2 Å². The van der Waals surface area contributed by atoms with Crippen LogP contribution in [0.4, 0.5) is 0 Å². The molecule has 0 radical (unpaired) electrons. The van der Waals surface area contributed by atoms with Crippen LogP contribution in [-0.4, -0.2) is 51.0 Å². The van der Waals surface area contributed by atoms with Crippen LogP contribution in [0.5, 0.6) is 0 Å². The molecule has 1 aromatic carbocycles. The number of benzene rings is 1. The van der Waals surface area contributed by atoms with Gasteiger partial charge >= 0.3 is 0 Å². The van der Waals surface area contributed by atoms with Gasteiger partial charge in [0.1, 0.15) is 0 Å². The quantitative estimate of drug-likeness (QED) is 0.890. The van der Waals surface area contributed by atoms with Crippen LogP contribution in [0.25, 0.3) is 0 Å². The summed E-state index contributed by atoms with van der Waals surface area (Å²) in [7, 11) is 3.48. The van der Waals surface area contributed by atoms with Gasteiger partial charge in [-0.1, -0.05) is 28.1 Å². The summed E-state index contributed by atoms with van der Waals surface area (Å²) in [5.74, 6) is 0. The molecule has 2 rings (SSSR count). The lowest BCUT2D eigenvalue weighted by Gasteiger charge is -2.27. The second-order valence-corrected chi connectivity index (χ2v) is 6.12. The average molecular weight is 343 g/mol. The number of ether oxygens (including phenoxy) is 2. The van der Waals surface area contributed by atoms with E-state index < -0.39 is 0 Å². The van der Waals surface area contributed by atoms with Crippen molar-refractivity contribution in [2.45, 2.75) is 25.2 Å². The zero-order chi connectivity index (χ0) is 14.7. The van der Waals surface area contributed by atoms with Crippen molar-refractivity contribution in [3.63, 3.8) is 0 Å². The van der Waals surface area contributed by atoms with Gasteiger partial charge in [0.2, 0.25) is 0 Å². The Hall–Kier alpha value is -0.460. The third-order valence-electron chi connectivity index (χ3n) is 4.08. The van der Waals surface area contributed by atoms with Crippen molar-refractivity contribution in [1.82, 2.24) is 4.90 Å². The summed E-state index contributed by atoms with van der Waals surface area (Å²) in [5.41, 5.74) is 8.49. The van der Waals surface area contributed by atoms with E-state index in [4.69, 9.17) is 15.2 Å². The van der Waals surface area contributed by atoms with E-state index in [2.05, 4.69) is 46.0 Å². The number of nitrogens with two attached hydrogens (primary N) is 1. The average Bonchev–Trinajstić information content (AvgIpc) is 2.86. The number of hydrogen-bond donors (Lipinski definition) is 1. The molecule has 0 aliphatic carbocycles. The lowest BCUT2D eigenvalue weighted by molar-refractivity contribution is -0.00461. The number of methoxy groups -OCH3 is 2. The van der Waals surface area contributed by atoms with Crippen LogP contribution in [0.3, 0.4) is 0 Å². The van der Waals surface area contributed by atoms with Gasteiger partial charge in [-0.25, -0.2) is 0 Å². The van der Waals surface area contributed by atoms with E-state index in [0.717, 1.165) is 17.6 Å². The molecule has 1 fully saturated rings. The fraction of sp³-hybridized carbons (Fsp3) is 0.600. The Morgan fingerprint density at radius 3 is 2.35 bits per heavy atom. The van der Waals surface area contributed by atoms with E-state index in [1.807, 2.05) is 0 Å². The van der Waals surface area contributed by atoms with Crippen molar-refractivity contribution in [3.8, 4) is 0 Å². The summed E-state index contributed by atoms with van der Waals surface area (Å²) in [6.07, 6.45) is 0.233. The van der Waals surface area contributed by atoms with Gasteiger partial charge in [0, 0.05) is 44.4 Å². The number of nitrogens with zero attached hydrogens (tertiary/aromatic N) is 1. The van der Waals surface area contributed by atoms with Crippen LogP contribution in [0.2, 0.25) is 0 Å². The third kappa shape index (κ3) is 3.23. The Labute approximate surface area is 129 Å². The van der Waals surface area contributed by atoms with Crippen LogP contribution >= 0.6 is 15.9 Å². The normalized spacial score (nSPS) is 25.1. The lowest BCUT2D eigenvalue weighted by atomic mass is 10.0. The van der Waals surface area contributed by atoms with E-state index in [1.54, 1.807) is 14.2 Å². The van der Waals surface area contributed by atoms with Crippen LogP contribution in [0.15, 0.2) is 22.7 Å². The minimum absolute atomic E-state index is 0.116. The first-order chi connectivity index (χ1) is 9.60. The van der Waals surface area contributed by atoms with Crippen LogP contribution in [-0.2, 0) is 9.47 Å². The first-order valence-electron chi connectivity index (χ1n) is 6.86. The van der Waals surface area contributed by atoms with Gasteiger partial charge in [-0.2, -0.15) is 0 Å². The van der Waals surface area contributed by atoms with Crippen molar-refractivity contribution in [1.29, 1.82) is 0 Å². The maximum absolute atomic E-state index is 6.01. The zero-order valence-electron chi connectivity index (χ0n) is 12.3. The predicted octanol–water partition coefficient (Wildman–Crippen LogP) is 2.10. The molecule has 0 saturated carbocycles. The third-order valence-corrected chi connectivity index (χ3v) is 4.97. The van der Waals surface area contributed by atoms with Gasteiger partial charge in [-0.15, -0.1) is 0 Å². The number of aryl methyl sites for hydroxylation is 1. The SMILES string of the molecule is COC1CN(C(CN)c2ccc(Br)c(C)c2)CC1OC. The molecule has 2 N–H and O–H groups in total. The second-order valence-electron chi connectivity index (χ2n) is 5.26. The Morgan fingerprint density at radius 2 is 1.90 bits per heavy atom. The number of halogens is 1. The first kappa shape index (κ1) is 15.9. The predicted molar refractivity (Wildman–Crippen MR) is 83.8 cm³/mol. The molecular weight excluding hydrogens is 320 g/mol. The molecule has 20 heavy (non-hydrogen) atoms. The van der Waals surface area contributed by atoms with Crippen molar-refractivity contribution in [2.24, 2.45) is 5.73 Å². The molecular formula is C15H23BrN2O2. The zero-order valence-corrected chi connectivity index (χ0v) is 13.9. The largest absolute Gasteiger partial charge is 0.377 e. The lowest BCUT2D eigenvalue weighted by Crippen LogP contribution is -2.33. The Morgan fingerprint density at radius 1 is 1.30 bits per heavy atom. The molecule has 3 atom stereocenters. The maximum atomic E-state index is 6.01. The minimum atomic E-state index is 0.116. The van der Waals surface area contributed by atoms with Crippen molar-refractivity contribution < 1.29 is 9.47 Å². The molecule has 5 heteroatoms. The number of rotatable bonds is 5. The van der Waals surface area contributed by atoms with Crippen molar-refractivity contribution in [2.75, 3.05) is 33.9 Å². The highest BCUT2D eigenvalue weighted by atomic mass is 79.9. The summed E-state index contributed by atoms with van der Waals surface area (Å²) < 4.78 is 12.1. The molecule has 1 aliphatic heterocycles. The molecule has 0 spiro atoms. The van der Waals surface area contributed by atoms with E-state index >= 15 is 0 Å². The molecule has 0 amide bonds. The van der Waals surface area contributed by atoms with E-state index in [9.17, 15) is 0 Å². The van der Waals surface area contributed by atoms with Crippen LogP contribution in [0, 0.1) is 6.92 Å². The van der Waals surface area contributed by atoms with Gasteiger partial charge < -0.3 is 15.2 Å². The fourth-order valence-corrected chi connectivity index (χ4v) is 3.10. The van der Waals surface area contributed by atoms with Crippen LogP contribution < -0.4 is 5.73 Å².